The van der Waals surface area contributed by atoms with Crippen LogP contribution in [0.25, 0.3) is 5.57 Å². The van der Waals surface area contributed by atoms with Gasteiger partial charge >= 0.3 is 5.97 Å². The number of aromatic nitrogens is 2. The molecule has 1 fully saturated rings. The van der Waals surface area contributed by atoms with E-state index >= 15 is 0 Å². The molecule has 8 nitrogen and oxygen atoms in total. The van der Waals surface area contributed by atoms with E-state index in [0.29, 0.717) is 43.8 Å². The quantitative estimate of drug-likeness (QED) is 0.609. The number of carboxylic acids is 1. The van der Waals surface area contributed by atoms with E-state index in [1.807, 2.05) is 32.1 Å². The second-order valence-corrected chi connectivity index (χ2v) is 7.43. The van der Waals surface area contributed by atoms with E-state index in [9.17, 15) is 9.90 Å². The van der Waals surface area contributed by atoms with Crippen molar-refractivity contribution in [2.24, 2.45) is 0 Å². The highest BCUT2D eigenvalue weighted by molar-refractivity contribution is 5.92. The van der Waals surface area contributed by atoms with Crippen LogP contribution in [0.5, 0.6) is 11.5 Å². The Morgan fingerprint density at radius 2 is 2.06 bits per heavy atom. The summed E-state index contributed by atoms with van der Waals surface area (Å²) in [5.74, 6) is 0.711. The molecule has 1 aromatic carbocycles. The lowest BCUT2D eigenvalue weighted by Crippen LogP contribution is -2.12. The van der Waals surface area contributed by atoms with Crippen molar-refractivity contribution in [2.45, 2.75) is 39.0 Å². The molecule has 1 aliphatic carbocycles. The third kappa shape index (κ3) is 4.64. The fraction of sp³-hybridized carbons (Fsp3) is 0.435. The Balaban J connectivity index is 1.78. The van der Waals surface area contributed by atoms with Gasteiger partial charge in [0.05, 0.1) is 49.6 Å². The van der Waals surface area contributed by atoms with Crippen LogP contribution < -0.4 is 14.8 Å². The molecule has 1 aromatic heterocycles. The molecule has 0 amide bonds. The summed E-state index contributed by atoms with van der Waals surface area (Å²) in [4.78, 5) is 20.6. The van der Waals surface area contributed by atoms with Crippen molar-refractivity contribution in [3.05, 3.63) is 41.4 Å². The number of ether oxygens (including phenoxy) is 3. The van der Waals surface area contributed by atoms with Crippen LogP contribution in [0, 0.1) is 0 Å². The van der Waals surface area contributed by atoms with Crippen molar-refractivity contribution in [2.75, 3.05) is 31.7 Å². The fourth-order valence-electron chi connectivity index (χ4n) is 3.64. The van der Waals surface area contributed by atoms with Crippen LogP contribution in [0.4, 0.5) is 11.5 Å². The molecule has 31 heavy (non-hydrogen) atoms. The van der Waals surface area contributed by atoms with Gasteiger partial charge in [0, 0.05) is 5.92 Å². The first-order valence-corrected chi connectivity index (χ1v) is 10.7. The second-order valence-electron chi connectivity index (χ2n) is 7.43. The summed E-state index contributed by atoms with van der Waals surface area (Å²) in [6.07, 6.45) is 6.47. The first kappa shape index (κ1) is 21.1. The van der Waals surface area contributed by atoms with Crippen LogP contribution in [0.15, 0.2) is 24.4 Å². The van der Waals surface area contributed by atoms with Crippen molar-refractivity contribution in [3.8, 4) is 11.5 Å². The van der Waals surface area contributed by atoms with Gasteiger partial charge in [-0.1, -0.05) is 6.08 Å². The largest absolute Gasteiger partial charge is 0.493 e. The van der Waals surface area contributed by atoms with E-state index in [2.05, 4.69) is 15.3 Å². The summed E-state index contributed by atoms with van der Waals surface area (Å²) in [5, 5.41) is 12.8. The maximum absolute atomic E-state index is 11.9. The SMILES string of the molecule is CCOc1ccc(Nc2ncc(C3CC3)nc2C(=O)O)c(OCC)c1C1=CCOCC1. The van der Waals surface area contributed by atoms with Gasteiger partial charge in [-0.25, -0.2) is 14.8 Å². The lowest BCUT2D eigenvalue weighted by molar-refractivity contribution is 0.0691. The third-order valence-electron chi connectivity index (χ3n) is 5.23. The summed E-state index contributed by atoms with van der Waals surface area (Å²) in [6.45, 7) is 5.96. The van der Waals surface area contributed by atoms with Crippen LogP contribution >= 0.6 is 0 Å². The second kappa shape index (κ2) is 9.34. The number of benzene rings is 1. The van der Waals surface area contributed by atoms with Gasteiger partial charge in [-0.2, -0.15) is 0 Å². The van der Waals surface area contributed by atoms with E-state index in [1.54, 1.807) is 6.20 Å². The number of hydrogen-bond donors (Lipinski definition) is 2. The Kier molecular flexibility index (Phi) is 6.36. The summed E-state index contributed by atoms with van der Waals surface area (Å²) in [6, 6.07) is 3.69. The zero-order valence-electron chi connectivity index (χ0n) is 17.8. The van der Waals surface area contributed by atoms with Crippen LogP contribution in [0.1, 0.15) is 60.8 Å². The van der Waals surface area contributed by atoms with Gasteiger partial charge in [-0.3, -0.25) is 0 Å². The molecule has 1 saturated carbocycles. The predicted molar refractivity (Wildman–Crippen MR) is 116 cm³/mol. The van der Waals surface area contributed by atoms with E-state index in [4.69, 9.17) is 14.2 Å². The molecular weight excluding hydrogens is 398 g/mol. The van der Waals surface area contributed by atoms with Gasteiger partial charge in [0.1, 0.15) is 5.75 Å². The zero-order chi connectivity index (χ0) is 21.8. The topological polar surface area (TPSA) is 103 Å². The van der Waals surface area contributed by atoms with Crippen molar-refractivity contribution in [1.29, 1.82) is 0 Å². The number of carboxylic acid groups (broad SMARTS) is 1. The summed E-state index contributed by atoms with van der Waals surface area (Å²) >= 11 is 0. The summed E-state index contributed by atoms with van der Waals surface area (Å²) in [7, 11) is 0. The molecule has 1 aliphatic heterocycles. The number of anilines is 2. The lowest BCUT2D eigenvalue weighted by Gasteiger charge is -2.23. The molecule has 0 bridgehead atoms. The first-order chi connectivity index (χ1) is 15.1. The van der Waals surface area contributed by atoms with Gasteiger partial charge in [0.2, 0.25) is 0 Å². The number of rotatable bonds is 9. The van der Waals surface area contributed by atoms with Gasteiger partial charge in [-0.05, 0) is 50.8 Å². The molecule has 0 radical (unpaired) electrons. The average molecular weight is 425 g/mol. The lowest BCUT2D eigenvalue weighted by atomic mass is 9.98. The van der Waals surface area contributed by atoms with Crippen LogP contribution in [-0.2, 0) is 4.74 Å². The number of nitrogens with zero attached hydrogens (tertiary/aromatic N) is 2. The van der Waals surface area contributed by atoms with Crippen LogP contribution in [0.2, 0.25) is 0 Å². The maximum atomic E-state index is 11.9. The molecule has 2 heterocycles. The zero-order valence-corrected chi connectivity index (χ0v) is 17.8. The molecule has 0 unspecified atom stereocenters. The molecule has 8 heteroatoms. The van der Waals surface area contributed by atoms with Crippen molar-refractivity contribution in [1.82, 2.24) is 9.97 Å². The molecule has 2 aromatic rings. The van der Waals surface area contributed by atoms with Gasteiger partial charge < -0.3 is 24.6 Å². The minimum Gasteiger partial charge on any atom is -0.493 e. The first-order valence-electron chi connectivity index (χ1n) is 10.7. The van der Waals surface area contributed by atoms with Gasteiger partial charge in [0.25, 0.3) is 0 Å². The highest BCUT2D eigenvalue weighted by atomic mass is 16.5. The minimum atomic E-state index is -1.12. The molecule has 2 aliphatic rings. The number of aromatic carboxylic acids is 1. The van der Waals surface area contributed by atoms with Gasteiger partial charge in [-0.15, -0.1) is 0 Å². The Morgan fingerprint density at radius 1 is 1.26 bits per heavy atom. The van der Waals surface area contributed by atoms with E-state index in [0.717, 1.165) is 41.8 Å². The fourth-order valence-corrected chi connectivity index (χ4v) is 3.64. The minimum absolute atomic E-state index is 0.0902. The van der Waals surface area contributed by atoms with Crippen molar-refractivity contribution in [3.63, 3.8) is 0 Å². The van der Waals surface area contributed by atoms with Crippen LogP contribution in [-0.4, -0.2) is 47.5 Å². The number of carbonyl (C=O) groups is 1. The summed E-state index contributed by atoms with van der Waals surface area (Å²) < 4.78 is 17.4. The Morgan fingerprint density at radius 3 is 2.71 bits per heavy atom. The van der Waals surface area contributed by atoms with Crippen molar-refractivity contribution < 1.29 is 24.1 Å². The number of nitrogens with one attached hydrogen (secondary N) is 1. The molecule has 0 spiro atoms. The average Bonchev–Trinajstić information content (AvgIpc) is 3.62. The summed E-state index contributed by atoms with van der Waals surface area (Å²) in [5.41, 5.74) is 3.19. The van der Waals surface area contributed by atoms with E-state index < -0.39 is 5.97 Å². The van der Waals surface area contributed by atoms with E-state index in [1.165, 1.54) is 0 Å². The Labute approximate surface area is 181 Å². The van der Waals surface area contributed by atoms with E-state index in [-0.39, 0.29) is 11.5 Å². The van der Waals surface area contributed by atoms with Gasteiger partial charge in [0.15, 0.2) is 17.3 Å². The molecule has 4 rings (SSSR count). The predicted octanol–water partition coefficient (Wildman–Crippen LogP) is 4.40. The highest BCUT2D eigenvalue weighted by Crippen LogP contribution is 2.44. The molecule has 0 atom stereocenters. The van der Waals surface area contributed by atoms with Crippen molar-refractivity contribution >= 4 is 23.0 Å². The standard InChI is InChI=1S/C23H27N3O5/c1-3-30-18-8-7-16(21(31-4-2)19(18)15-9-11-29-12-10-15)26-22-20(23(27)28)25-17(13-24-22)14-5-6-14/h7-9,13-14H,3-6,10-12H2,1-2H3,(H,24,26)(H,27,28). The maximum Gasteiger partial charge on any atom is 0.358 e. The molecule has 164 valence electrons. The Hall–Kier alpha value is -3.13. The number of hydrogen-bond acceptors (Lipinski definition) is 7. The monoisotopic (exact) mass is 425 g/mol. The molecule has 0 saturated heterocycles. The normalized spacial score (nSPS) is 15.9. The smallest absolute Gasteiger partial charge is 0.358 e. The molecule has 2 N–H and O–H groups in total. The highest BCUT2D eigenvalue weighted by Gasteiger charge is 2.28. The third-order valence-corrected chi connectivity index (χ3v) is 5.23. The van der Waals surface area contributed by atoms with Crippen LogP contribution in [0.3, 0.4) is 0 Å². The Bertz CT molecular complexity index is 1000. The molecular formula is C23H27N3O5.